The molecular formula is C30H36Cl2FeN4O. The predicted molar refractivity (Wildman–Crippen MR) is 161 cm³/mol. The van der Waals surface area contributed by atoms with Crippen molar-refractivity contribution in [1.29, 1.82) is 0 Å². The second-order valence-corrected chi connectivity index (χ2v) is 12.0. The fraction of sp³-hybridized carbons (Fsp3) is 0.300. The van der Waals surface area contributed by atoms with Crippen LogP contribution in [0, 0.1) is 33.1 Å². The molecule has 5 nitrogen and oxygen atoms in total. The molecule has 8 heteroatoms. The van der Waals surface area contributed by atoms with Crippen LogP contribution >= 0.6 is 20.2 Å². The molecule has 0 fully saturated rings. The van der Waals surface area contributed by atoms with E-state index < -0.39 is 0 Å². The van der Waals surface area contributed by atoms with Crippen LogP contribution in [-0.4, -0.2) is 27.2 Å². The number of hydrogen-bond acceptors (Lipinski definition) is 3. The third-order valence-electron chi connectivity index (χ3n) is 6.29. The Labute approximate surface area is 240 Å². The standard InChI is InChI=1S/C30H34N4.2ClH.Fe.H2O/c1-20-12-10-13-21(2)28(20)31-18-25-24-16-8-9-17-26(24)34(33-25)19-27(30(5,6)7)32-29-22(3)14-11-15-23(29)4;;;;/h8-18H,19H2,1-7H3;2*1H;;1H2/q;;;+2;/p-2. The van der Waals surface area contributed by atoms with Crippen molar-refractivity contribution < 1.29 is 18.6 Å². The molecule has 0 saturated heterocycles. The summed E-state index contributed by atoms with van der Waals surface area (Å²) in [6.45, 7) is 15.7. The van der Waals surface area contributed by atoms with Gasteiger partial charge in [-0.3, -0.25) is 14.7 Å². The second kappa shape index (κ2) is 14.1. The first-order valence-electron chi connectivity index (χ1n) is 12.1. The first-order valence-corrected chi connectivity index (χ1v) is 15.2. The minimum absolute atomic E-state index is 0. The molecule has 1 aromatic heterocycles. The van der Waals surface area contributed by atoms with Gasteiger partial charge < -0.3 is 5.48 Å². The Balaban J connectivity index is 0.00000121. The molecule has 0 radical (unpaired) electrons. The summed E-state index contributed by atoms with van der Waals surface area (Å²) < 4.78 is 2.07. The van der Waals surface area contributed by atoms with Crippen molar-refractivity contribution in [3.63, 3.8) is 0 Å². The van der Waals surface area contributed by atoms with Gasteiger partial charge in [-0.25, -0.2) is 0 Å². The Morgan fingerprint density at radius 1 is 0.842 bits per heavy atom. The molecule has 0 amide bonds. The number of benzene rings is 3. The molecule has 2 N–H and O–H groups in total. The molecule has 4 aromatic rings. The van der Waals surface area contributed by atoms with E-state index in [9.17, 15) is 0 Å². The number of para-hydroxylation sites is 3. The average Bonchev–Trinajstić information content (AvgIpc) is 3.18. The van der Waals surface area contributed by atoms with Gasteiger partial charge in [0.1, 0.15) is 5.69 Å². The number of fused-ring (bicyclic) bond motifs is 1. The van der Waals surface area contributed by atoms with Crippen LogP contribution in [0.1, 0.15) is 48.7 Å². The number of rotatable bonds is 5. The molecule has 4 rings (SSSR count). The Morgan fingerprint density at radius 2 is 1.34 bits per heavy atom. The summed E-state index contributed by atoms with van der Waals surface area (Å²) in [5, 5.41) is 6.09. The zero-order valence-electron chi connectivity index (χ0n) is 23.0. The molecule has 0 spiro atoms. The van der Waals surface area contributed by atoms with Crippen molar-refractivity contribution in [2.75, 3.05) is 0 Å². The first-order chi connectivity index (χ1) is 17.6. The monoisotopic (exact) mass is 594 g/mol. The van der Waals surface area contributed by atoms with E-state index in [4.69, 9.17) is 35.3 Å². The van der Waals surface area contributed by atoms with E-state index in [0.717, 1.165) is 44.8 Å². The molecule has 0 aliphatic heterocycles. The van der Waals surface area contributed by atoms with Crippen LogP contribution in [-0.2, 0) is 19.7 Å². The Morgan fingerprint density at radius 3 is 1.87 bits per heavy atom. The van der Waals surface area contributed by atoms with E-state index >= 15 is 0 Å². The van der Waals surface area contributed by atoms with Crippen LogP contribution in [0.3, 0.4) is 0 Å². The third kappa shape index (κ3) is 7.78. The van der Waals surface area contributed by atoms with E-state index in [1.807, 2.05) is 6.21 Å². The van der Waals surface area contributed by atoms with Gasteiger partial charge in [-0.05, 0) is 56.0 Å². The Kier molecular flexibility index (Phi) is 11.8. The zero-order chi connectivity index (χ0) is 27.2. The topological polar surface area (TPSA) is 74.0 Å². The summed E-state index contributed by atoms with van der Waals surface area (Å²) in [4.78, 5) is 10.0. The number of aliphatic imine (C=N–C) groups is 2. The van der Waals surface area contributed by atoms with Crippen molar-refractivity contribution in [2.45, 2.75) is 55.0 Å². The summed E-state index contributed by atoms with van der Waals surface area (Å²) in [6.07, 6.45) is 1.90. The Hall–Kier alpha value is -2.47. The van der Waals surface area contributed by atoms with Gasteiger partial charge in [0, 0.05) is 16.5 Å². The Bertz CT molecular complexity index is 1400. The van der Waals surface area contributed by atoms with Crippen molar-refractivity contribution >= 4 is 54.4 Å². The average molecular weight is 595 g/mol. The predicted octanol–water partition coefficient (Wildman–Crippen LogP) is 8.39. The molecule has 0 aliphatic carbocycles. The van der Waals surface area contributed by atoms with E-state index in [2.05, 4.69) is 114 Å². The molecular weight excluding hydrogens is 559 g/mol. The minimum atomic E-state index is -0.103. The molecule has 0 atom stereocenters. The summed E-state index contributed by atoms with van der Waals surface area (Å²) in [5.41, 5.74) is 9.72. The molecule has 0 saturated carbocycles. The van der Waals surface area contributed by atoms with Gasteiger partial charge in [0.2, 0.25) is 0 Å². The van der Waals surface area contributed by atoms with Crippen LogP contribution in [0.4, 0.5) is 11.4 Å². The summed E-state index contributed by atoms with van der Waals surface area (Å²) in [5.74, 6) is 0. The van der Waals surface area contributed by atoms with Gasteiger partial charge in [-0.1, -0.05) is 75.4 Å². The fourth-order valence-electron chi connectivity index (χ4n) is 4.20. The molecule has 0 aliphatic rings. The third-order valence-corrected chi connectivity index (χ3v) is 6.29. The van der Waals surface area contributed by atoms with Gasteiger partial charge in [0.25, 0.3) is 0 Å². The molecule has 1 heterocycles. The van der Waals surface area contributed by atoms with Crippen LogP contribution in [0.15, 0.2) is 70.6 Å². The van der Waals surface area contributed by atoms with Gasteiger partial charge in [0.05, 0.1) is 29.7 Å². The number of aromatic nitrogens is 2. The summed E-state index contributed by atoms with van der Waals surface area (Å²) in [7, 11) is 9.53. The normalized spacial score (nSPS) is 12.0. The zero-order valence-corrected chi connectivity index (χ0v) is 25.6. The molecule has 0 bridgehead atoms. The van der Waals surface area contributed by atoms with E-state index in [1.54, 1.807) is 0 Å². The maximum absolute atomic E-state index is 5.18. The molecule has 3 aromatic carbocycles. The quantitative estimate of drug-likeness (QED) is 0.169. The SMILES string of the molecule is Cc1cccc(C)c1N=Cc1nn(CC(=Nc2c(C)cccc2C)C(C)(C)C)c2ccccc12.O.[Cl][Fe][Cl]. The van der Waals surface area contributed by atoms with E-state index in [1.165, 1.54) is 11.1 Å². The maximum atomic E-state index is 5.18. The number of hydrogen-bond donors (Lipinski definition) is 0. The van der Waals surface area contributed by atoms with Crippen molar-refractivity contribution in [2.24, 2.45) is 15.4 Å². The van der Waals surface area contributed by atoms with Crippen LogP contribution in [0.2, 0.25) is 0 Å². The number of aryl methyl sites for hydroxylation is 4. The molecule has 38 heavy (non-hydrogen) atoms. The van der Waals surface area contributed by atoms with Crippen LogP contribution < -0.4 is 0 Å². The van der Waals surface area contributed by atoms with Gasteiger partial charge in [0.15, 0.2) is 0 Å². The van der Waals surface area contributed by atoms with Gasteiger partial charge >= 0.3 is 33.3 Å². The summed E-state index contributed by atoms with van der Waals surface area (Å²) >= 11 is 0.194. The van der Waals surface area contributed by atoms with Gasteiger partial charge in [-0.2, -0.15) is 5.10 Å². The second-order valence-electron chi connectivity index (χ2n) is 10.2. The van der Waals surface area contributed by atoms with Crippen LogP contribution in [0.25, 0.3) is 10.9 Å². The van der Waals surface area contributed by atoms with Crippen molar-refractivity contribution in [3.05, 3.63) is 88.6 Å². The molecule has 204 valence electrons. The number of halogens is 2. The number of nitrogens with zero attached hydrogens (tertiary/aromatic N) is 4. The van der Waals surface area contributed by atoms with E-state index in [-0.39, 0.29) is 24.0 Å². The van der Waals surface area contributed by atoms with E-state index in [0.29, 0.717) is 6.54 Å². The summed E-state index contributed by atoms with van der Waals surface area (Å²) in [6, 6.07) is 20.9. The molecule has 0 unspecified atom stereocenters. The fourth-order valence-corrected chi connectivity index (χ4v) is 4.20. The van der Waals surface area contributed by atoms with Crippen LogP contribution in [0.5, 0.6) is 0 Å². The van der Waals surface area contributed by atoms with Gasteiger partial charge in [-0.15, -0.1) is 0 Å². The van der Waals surface area contributed by atoms with Crippen molar-refractivity contribution in [3.8, 4) is 0 Å². The first kappa shape index (κ1) is 31.7. The van der Waals surface area contributed by atoms with Crippen molar-refractivity contribution in [1.82, 2.24) is 9.78 Å².